The van der Waals surface area contributed by atoms with E-state index in [0.29, 0.717) is 12.5 Å². The largest absolute Gasteiger partial charge is 0.370 e. The third-order valence-electron chi connectivity index (χ3n) is 4.90. The molecule has 0 bridgehead atoms. The summed E-state index contributed by atoms with van der Waals surface area (Å²) >= 11 is 0. The third kappa shape index (κ3) is 5.69. The Morgan fingerprint density at radius 1 is 1.04 bits per heavy atom. The zero-order valence-electron chi connectivity index (χ0n) is 15.9. The summed E-state index contributed by atoms with van der Waals surface area (Å²) in [6.07, 6.45) is 1.03. The summed E-state index contributed by atoms with van der Waals surface area (Å²) in [6.45, 7) is 7.51. The van der Waals surface area contributed by atoms with Crippen LogP contribution in [0.15, 0.2) is 53.5 Å². The van der Waals surface area contributed by atoms with Gasteiger partial charge in [0.25, 0.3) is 0 Å². The molecule has 0 spiro atoms. The van der Waals surface area contributed by atoms with Crippen molar-refractivity contribution < 1.29 is 4.39 Å². The fourth-order valence-electron chi connectivity index (χ4n) is 3.20. The van der Waals surface area contributed by atoms with Crippen LogP contribution in [0.1, 0.15) is 12.5 Å². The molecular weight excluding hydrogens is 341 g/mol. The van der Waals surface area contributed by atoms with Crippen LogP contribution in [0.3, 0.4) is 0 Å². The number of nitrogens with one attached hydrogen (secondary N) is 1. The van der Waals surface area contributed by atoms with Crippen LogP contribution >= 0.6 is 0 Å². The average Bonchev–Trinajstić information content (AvgIpc) is 2.70. The van der Waals surface area contributed by atoms with E-state index in [-0.39, 0.29) is 5.82 Å². The van der Waals surface area contributed by atoms with Crippen molar-refractivity contribution in [3.05, 3.63) is 59.9 Å². The molecule has 2 aromatic carbocycles. The number of aliphatic imine (C=N–C) groups is 1. The minimum Gasteiger partial charge on any atom is -0.370 e. The van der Waals surface area contributed by atoms with Gasteiger partial charge in [0, 0.05) is 44.1 Å². The molecule has 1 aliphatic rings. The van der Waals surface area contributed by atoms with Gasteiger partial charge in [-0.1, -0.05) is 19.1 Å². The fourth-order valence-corrected chi connectivity index (χ4v) is 3.20. The van der Waals surface area contributed by atoms with Crippen LogP contribution in [0, 0.1) is 5.82 Å². The molecule has 1 heterocycles. The molecule has 0 atom stereocenters. The van der Waals surface area contributed by atoms with Crippen molar-refractivity contribution in [1.29, 1.82) is 0 Å². The van der Waals surface area contributed by atoms with Crippen LogP contribution in [-0.2, 0) is 6.42 Å². The molecule has 2 aromatic rings. The number of benzene rings is 2. The lowest BCUT2D eigenvalue weighted by molar-refractivity contribution is 0.265. The lowest BCUT2D eigenvalue weighted by Gasteiger charge is -2.35. The van der Waals surface area contributed by atoms with Crippen molar-refractivity contribution in [1.82, 2.24) is 4.90 Å². The molecule has 3 N–H and O–H groups in total. The first-order chi connectivity index (χ1) is 13.1. The Bertz CT molecular complexity index is 734. The first-order valence-corrected chi connectivity index (χ1v) is 9.53. The Morgan fingerprint density at radius 2 is 1.70 bits per heavy atom. The van der Waals surface area contributed by atoms with Gasteiger partial charge < -0.3 is 16.0 Å². The van der Waals surface area contributed by atoms with Gasteiger partial charge in [0.05, 0.1) is 6.54 Å². The highest BCUT2D eigenvalue weighted by Gasteiger charge is 2.16. The van der Waals surface area contributed by atoms with Gasteiger partial charge in [-0.3, -0.25) is 9.89 Å². The summed E-state index contributed by atoms with van der Waals surface area (Å²) in [5, 5.41) is 3.13. The summed E-state index contributed by atoms with van der Waals surface area (Å²) in [6, 6.07) is 14.9. The minimum absolute atomic E-state index is 0.192. The predicted molar refractivity (Wildman–Crippen MR) is 111 cm³/mol. The molecule has 0 saturated carbocycles. The molecule has 1 fully saturated rings. The van der Waals surface area contributed by atoms with Crippen molar-refractivity contribution in [2.24, 2.45) is 10.7 Å². The van der Waals surface area contributed by atoms with Crippen LogP contribution in [0.2, 0.25) is 0 Å². The number of piperazine rings is 1. The van der Waals surface area contributed by atoms with Crippen molar-refractivity contribution >= 4 is 17.3 Å². The number of nitrogens with zero attached hydrogens (tertiary/aromatic N) is 3. The second kappa shape index (κ2) is 9.37. The van der Waals surface area contributed by atoms with Gasteiger partial charge >= 0.3 is 0 Å². The summed E-state index contributed by atoms with van der Waals surface area (Å²) in [7, 11) is 0. The molecule has 0 radical (unpaired) electrons. The van der Waals surface area contributed by atoms with E-state index in [1.165, 1.54) is 17.7 Å². The van der Waals surface area contributed by atoms with E-state index in [9.17, 15) is 4.39 Å². The summed E-state index contributed by atoms with van der Waals surface area (Å²) in [5.74, 6) is 0.256. The average molecular weight is 369 g/mol. The zero-order valence-corrected chi connectivity index (χ0v) is 15.9. The first-order valence-electron chi connectivity index (χ1n) is 9.53. The van der Waals surface area contributed by atoms with Gasteiger partial charge in [-0.15, -0.1) is 0 Å². The van der Waals surface area contributed by atoms with Crippen molar-refractivity contribution in [3.8, 4) is 0 Å². The highest BCUT2D eigenvalue weighted by Crippen LogP contribution is 2.16. The van der Waals surface area contributed by atoms with Crippen molar-refractivity contribution in [2.75, 3.05) is 49.5 Å². The molecule has 27 heavy (non-hydrogen) atoms. The number of hydrogen-bond donors (Lipinski definition) is 2. The monoisotopic (exact) mass is 369 g/mol. The van der Waals surface area contributed by atoms with E-state index in [1.54, 1.807) is 0 Å². The zero-order chi connectivity index (χ0) is 19.1. The molecule has 1 aliphatic heterocycles. The van der Waals surface area contributed by atoms with E-state index in [2.05, 4.69) is 39.2 Å². The Kier molecular flexibility index (Phi) is 6.65. The number of anilines is 2. The molecular formula is C21H28FN5. The number of aryl methyl sites for hydroxylation is 1. The van der Waals surface area contributed by atoms with Crippen molar-refractivity contribution in [3.63, 3.8) is 0 Å². The number of guanidine groups is 1. The second-order valence-electron chi connectivity index (χ2n) is 6.75. The van der Waals surface area contributed by atoms with Gasteiger partial charge in [-0.25, -0.2) is 4.39 Å². The van der Waals surface area contributed by atoms with E-state index < -0.39 is 0 Å². The standard InChI is InChI=1S/C21H28FN5/c1-2-17-3-7-19(8-4-17)25-21(23)24-11-12-26-13-15-27(16-14-26)20-9-5-18(22)6-10-20/h3-10H,2,11-16H2,1H3,(H3,23,24,25). The molecule has 5 nitrogen and oxygen atoms in total. The van der Waals surface area contributed by atoms with E-state index in [0.717, 1.165) is 50.5 Å². The topological polar surface area (TPSA) is 56.9 Å². The van der Waals surface area contributed by atoms with E-state index >= 15 is 0 Å². The molecule has 0 unspecified atom stereocenters. The quantitative estimate of drug-likeness (QED) is 0.607. The van der Waals surface area contributed by atoms with Gasteiger partial charge in [0.15, 0.2) is 5.96 Å². The maximum atomic E-state index is 13.0. The van der Waals surface area contributed by atoms with E-state index in [4.69, 9.17) is 5.73 Å². The first kappa shape index (κ1) is 19.2. The van der Waals surface area contributed by atoms with Crippen LogP contribution < -0.4 is 16.0 Å². The molecule has 144 valence electrons. The second-order valence-corrected chi connectivity index (χ2v) is 6.75. The smallest absolute Gasteiger partial charge is 0.193 e. The fraction of sp³-hybridized carbons (Fsp3) is 0.381. The lowest BCUT2D eigenvalue weighted by atomic mass is 10.1. The van der Waals surface area contributed by atoms with Crippen LogP contribution in [-0.4, -0.2) is 50.1 Å². The SMILES string of the molecule is CCc1ccc(NC(N)=NCCN2CCN(c3ccc(F)cc3)CC2)cc1. The van der Waals surface area contributed by atoms with Crippen LogP contribution in [0.4, 0.5) is 15.8 Å². The maximum absolute atomic E-state index is 13.0. The number of hydrogen-bond acceptors (Lipinski definition) is 3. The molecule has 0 aromatic heterocycles. The summed E-state index contributed by atoms with van der Waals surface area (Å²) in [4.78, 5) is 9.10. The molecule has 0 amide bonds. The Morgan fingerprint density at radius 3 is 2.33 bits per heavy atom. The number of halogens is 1. The van der Waals surface area contributed by atoms with Crippen LogP contribution in [0.5, 0.6) is 0 Å². The summed E-state index contributed by atoms with van der Waals surface area (Å²) < 4.78 is 13.0. The number of rotatable bonds is 6. The highest BCUT2D eigenvalue weighted by atomic mass is 19.1. The molecule has 6 heteroatoms. The Labute approximate surface area is 160 Å². The normalized spacial score (nSPS) is 15.8. The Balaban J connectivity index is 1.40. The Hall–Kier alpha value is -2.60. The molecule has 3 rings (SSSR count). The maximum Gasteiger partial charge on any atom is 0.193 e. The molecule has 0 aliphatic carbocycles. The van der Waals surface area contributed by atoms with Gasteiger partial charge in [-0.05, 0) is 48.4 Å². The van der Waals surface area contributed by atoms with Crippen LogP contribution in [0.25, 0.3) is 0 Å². The van der Waals surface area contributed by atoms with Gasteiger partial charge in [0.1, 0.15) is 5.82 Å². The number of nitrogens with two attached hydrogens (primary N) is 1. The molecule has 1 saturated heterocycles. The lowest BCUT2D eigenvalue weighted by Crippen LogP contribution is -2.47. The minimum atomic E-state index is -0.192. The van der Waals surface area contributed by atoms with E-state index in [1.807, 2.05) is 24.3 Å². The van der Waals surface area contributed by atoms with Crippen molar-refractivity contribution in [2.45, 2.75) is 13.3 Å². The van der Waals surface area contributed by atoms with Gasteiger partial charge in [-0.2, -0.15) is 0 Å². The predicted octanol–water partition coefficient (Wildman–Crippen LogP) is 2.94. The highest BCUT2D eigenvalue weighted by molar-refractivity contribution is 5.92. The third-order valence-corrected chi connectivity index (χ3v) is 4.90. The summed E-state index contributed by atoms with van der Waals surface area (Å²) in [5.41, 5.74) is 9.33. The van der Waals surface area contributed by atoms with Gasteiger partial charge in [0.2, 0.25) is 0 Å².